The van der Waals surface area contributed by atoms with Crippen LogP contribution in [0.3, 0.4) is 0 Å². The van der Waals surface area contributed by atoms with E-state index in [2.05, 4.69) is 10.6 Å². The zero-order valence-corrected chi connectivity index (χ0v) is 18.2. The van der Waals surface area contributed by atoms with E-state index in [9.17, 15) is 14.4 Å². The maximum atomic E-state index is 12.7. The molecule has 0 aliphatic heterocycles. The van der Waals surface area contributed by atoms with Crippen molar-refractivity contribution < 1.29 is 28.6 Å². The van der Waals surface area contributed by atoms with E-state index in [1.165, 1.54) is 0 Å². The van der Waals surface area contributed by atoms with Crippen LogP contribution >= 0.6 is 0 Å². The zero-order valence-electron chi connectivity index (χ0n) is 18.2. The third-order valence-corrected chi connectivity index (χ3v) is 4.60. The molecular formula is C22H32N2O6. The molecule has 1 aliphatic rings. The number of nitrogens with one attached hydrogen (secondary N) is 2. The second kappa shape index (κ2) is 10.8. The SMILES string of the molecule is COc1ccc(CNC(=O)[C@H](CC(=O)OC2CCCC2)NC(=O)OC(C)(C)C)cc1. The van der Waals surface area contributed by atoms with Crippen molar-refractivity contribution in [2.75, 3.05) is 7.11 Å². The van der Waals surface area contributed by atoms with E-state index in [0.29, 0.717) is 5.75 Å². The molecule has 1 atom stereocenters. The van der Waals surface area contributed by atoms with E-state index in [1.807, 2.05) is 12.1 Å². The first-order valence-corrected chi connectivity index (χ1v) is 10.3. The molecule has 1 aromatic carbocycles. The number of ether oxygens (including phenoxy) is 3. The summed E-state index contributed by atoms with van der Waals surface area (Å²) in [5, 5.41) is 5.24. The molecule has 2 N–H and O–H groups in total. The third kappa shape index (κ3) is 8.31. The highest BCUT2D eigenvalue weighted by atomic mass is 16.6. The van der Waals surface area contributed by atoms with Crippen LogP contribution in [0.4, 0.5) is 4.79 Å². The molecular weight excluding hydrogens is 388 g/mol. The van der Waals surface area contributed by atoms with E-state index >= 15 is 0 Å². The maximum absolute atomic E-state index is 12.7. The van der Waals surface area contributed by atoms with Gasteiger partial charge in [-0.3, -0.25) is 9.59 Å². The Balaban J connectivity index is 1.97. The number of benzene rings is 1. The number of amides is 2. The molecule has 0 spiro atoms. The molecule has 0 radical (unpaired) electrons. The summed E-state index contributed by atoms with van der Waals surface area (Å²) in [6.45, 7) is 5.41. The lowest BCUT2D eigenvalue weighted by molar-refractivity contribution is -0.150. The number of alkyl carbamates (subject to hydrolysis) is 1. The monoisotopic (exact) mass is 420 g/mol. The molecule has 1 saturated carbocycles. The van der Waals surface area contributed by atoms with Crippen molar-refractivity contribution in [3.05, 3.63) is 29.8 Å². The average Bonchev–Trinajstić information content (AvgIpc) is 3.17. The van der Waals surface area contributed by atoms with E-state index in [-0.39, 0.29) is 19.1 Å². The second-order valence-corrected chi connectivity index (χ2v) is 8.37. The summed E-state index contributed by atoms with van der Waals surface area (Å²) in [5.41, 5.74) is 0.132. The normalized spacial score (nSPS) is 15.2. The largest absolute Gasteiger partial charge is 0.497 e. The van der Waals surface area contributed by atoms with Gasteiger partial charge in [0, 0.05) is 6.54 Å². The van der Waals surface area contributed by atoms with Gasteiger partial charge >= 0.3 is 12.1 Å². The Kier molecular flexibility index (Phi) is 8.50. The van der Waals surface area contributed by atoms with Crippen LogP contribution < -0.4 is 15.4 Å². The fourth-order valence-electron chi connectivity index (χ4n) is 3.12. The molecule has 0 bridgehead atoms. The fourth-order valence-corrected chi connectivity index (χ4v) is 3.12. The van der Waals surface area contributed by atoms with Crippen LogP contribution in [0.2, 0.25) is 0 Å². The van der Waals surface area contributed by atoms with E-state index < -0.39 is 29.6 Å². The molecule has 8 nitrogen and oxygen atoms in total. The summed E-state index contributed by atoms with van der Waals surface area (Å²) in [7, 11) is 1.58. The van der Waals surface area contributed by atoms with Crippen LogP contribution in [-0.2, 0) is 25.6 Å². The molecule has 0 aromatic heterocycles. The Morgan fingerprint density at radius 3 is 2.30 bits per heavy atom. The molecule has 0 unspecified atom stereocenters. The second-order valence-electron chi connectivity index (χ2n) is 8.37. The maximum Gasteiger partial charge on any atom is 0.408 e. The van der Waals surface area contributed by atoms with Crippen LogP contribution in [0.25, 0.3) is 0 Å². The molecule has 30 heavy (non-hydrogen) atoms. The quantitative estimate of drug-likeness (QED) is 0.627. The van der Waals surface area contributed by atoms with Crippen molar-refractivity contribution in [1.82, 2.24) is 10.6 Å². The molecule has 1 fully saturated rings. The van der Waals surface area contributed by atoms with Gasteiger partial charge < -0.3 is 24.8 Å². The first-order chi connectivity index (χ1) is 14.2. The highest BCUT2D eigenvalue weighted by Crippen LogP contribution is 2.21. The predicted octanol–water partition coefficient (Wildman–Crippen LogP) is 3.08. The van der Waals surface area contributed by atoms with Gasteiger partial charge in [0.25, 0.3) is 0 Å². The average molecular weight is 421 g/mol. The van der Waals surface area contributed by atoms with E-state index in [4.69, 9.17) is 14.2 Å². The van der Waals surface area contributed by atoms with Crippen LogP contribution in [0.1, 0.15) is 58.4 Å². The highest BCUT2D eigenvalue weighted by Gasteiger charge is 2.28. The smallest absolute Gasteiger partial charge is 0.408 e. The van der Waals surface area contributed by atoms with Crippen molar-refractivity contribution in [2.24, 2.45) is 0 Å². The van der Waals surface area contributed by atoms with E-state index in [1.54, 1.807) is 40.0 Å². The van der Waals surface area contributed by atoms with Crippen molar-refractivity contribution >= 4 is 18.0 Å². The minimum Gasteiger partial charge on any atom is -0.497 e. The summed E-state index contributed by atoms with van der Waals surface area (Å²) in [6, 6.07) is 6.13. The summed E-state index contributed by atoms with van der Waals surface area (Å²) in [5.74, 6) is -0.285. The molecule has 2 rings (SSSR count). The van der Waals surface area contributed by atoms with Crippen molar-refractivity contribution in [2.45, 2.75) is 77.2 Å². The van der Waals surface area contributed by atoms with Gasteiger partial charge in [0.15, 0.2) is 0 Å². The van der Waals surface area contributed by atoms with Crippen molar-refractivity contribution in [3.8, 4) is 5.75 Å². The topological polar surface area (TPSA) is 103 Å². The lowest BCUT2D eigenvalue weighted by Gasteiger charge is -2.23. The number of carbonyl (C=O) groups excluding carboxylic acids is 3. The van der Waals surface area contributed by atoms with Crippen LogP contribution in [0.5, 0.6) is 5.75 Å². The predicted molar refractivity (Wildman–Crippen MR) is 111 cm³/mol. The molecule has 8 heteroatoms. The molecule has 0 heterocycles. The fraction of sp³-hybridized carbons (Fsp3) is 0.591. The zero-order chi connectivity index (χ0) is 22.1. The van der Waals surface area contributed by atoms with Gasteiger partial charge in [-0.1, -0.05) is 12.1 Å². The lowest BCUT2D eigenvalue weighted by Crippen LogP contribution is -2.49. The molecule has 0 saturated heterocycles. The Morgan fingerprint density at radius 1 is 1.10 bits per heavy atom. The molecule has 1 aliphatic carbocycles. The Morgan fingerprint density at radius 2 is 1.73 bits per heavy atom. The van der Waals surface area contributed by atoms with E-state index in [0.717, 1.165) is 31.2 Å². The first kappa shape index (κ1) is 23.5. The van der Waals surface area contributed by atoms with Gasteiger partial charge in [-0.2, -0.15) is 0 Å². The molecule has 166 valence electrons. The third-order valence-electron chi connectivity index (χ3n) is 4.60. The van der Waals surface area contributed by atoms with Crippen LogP contribution in [-0.4, -0.2) is 42.8 Å². The van der Waals surface area contributed by atoms with Crippen LogP contribution in [0.15, 0.2) is 24.3 Å². The van der Waals surface area contributed by atoms with Gasteiger partial charge in [0.1, 0.15) is 23.5 Å². The summed E-state index contributed by atoms with van der Waals surface area (Å²) in [6.07, 6.45) is 2.59. The standard InChI is InChI=1S/C22H32N2O6/c1-22(2,3)30-21(27)24-18(13-19(25)29-17-7-5-6-8-17)20(26)23-14-15-9-11-16(28-4)12-10-15/h9-12,17-18H,5-8,13-14H2,1-4H3,(H,23,26)(H,24,27)/t18-/m0/s1. The van der Waals surface area contributed by atoms with Gasteiger partial charge in [-0.15, -0.1) is 0 Å². The summed E-state index contributed by atoms with van der Waals surface area (Å²) < 4.78 is 15.8. The number of esters is 1. The van der Waals surface area contributed by atoms with Crippen molar-refractivity contribution in [1.29, 1.82) is 0 Å². The van der Waals surface area contributed by atoms with Crippen molar-refractivity contribution in [3.63, 3.8) is 0 Å². The number of hydrogen-bond acceptors (Lipinski definition) is 6. The van der Waals surface area contributed by atoms with Gasteiger partial charge in [0.2, 0.25) is 5.91 Å². The summed E-state index contributed by atoms with van der Waals surface area (Å²) >= 11 is 0. The highest BCUT2D eigenvalue weighted by molar-refractivity contribution is 5.89. The minimum atomic E-state index is -1.09. The molecule has 2 amide bonds. The Labute approximate surface area is 177 Å². The molecule has 1 aromatic rings. The number of methoxy groups -OCH3 is 1. The van der Waals surface area contributed by atoms with Gasteiger partial charge in [-0.05, 0) is 64.2 Å². The first-order valence-electron chi connectivity index (χ1n) is 10.3. The van der Waals surface area contributed by atoms with Crippen LogP contribution in [0, 0.1) is 0 Å². The van der Waals surface area contributed by atoms with Gasteiger partial charge in [0.05, 0.1) is 13.5 Å². The minimum absolute atomic E-state index is 0.109. The number of rotatable bonds is 8. The number of hydrogen-bond donors (Lipinski definition) is 2. The Hall–Kier alpha value is -2.77. The lowest BCUT2D eigenvalue weighted by atomic mass is 10.1. The Bertz CT molecular complexity index is 720. The summed E-state index contributed by atoms with van der Waals surface area (Å²) in [4.78, 5) is 37.2. The van der Waals surface area contributed by atoms with Gasteiger partial charge in [-0.25, -0.2) is 4.79 Å². The number of carbonyl (C=O) groups is 3.